The van der Waals surface area contributed by atoms with E-state index in [1.54, 1.807) is 30.3 Å². The summed E-state index contributed by atoms with van der Waals surface area (Å²) in [7, 11) is 0. The van der Waals surface area contributed by atoms with E-state index in [0.717, 1.165) is 12.8 Å². The maximum atomic E-state index is 11.2. The molecule has 1 aromatic rings. The van der Waals surface area contributed by atoms with Crippen LogP contribution >= 0.6 is 0 Å². The molecule has 0 amide bonds. The Bertz CT molecular complexity index is 369. The summed E-state index contributed by atoms with van der Waals surface area (Å²) in [6.45, 7) is 2.48. The molecule has 0 aliphatic rings. The lowest BCUT2D eigenvalue weighted by Gasteiger charge is -2.00. The molecule has 0 radical (unpaired) electrons. The topological polar surface area (TPSA) is 46.5 Å². The Morgan fingerprint density at radius 2 is 2.19 bits per heavy atom. The number of carbonyl (C=O) groups is 1. The zero-order valence-electron chi connectivity index (χ0n) is 9.35. The largest absolute Gasteiger partial charge is 0.507 e. The van der Waals surface area contributed by atoms with E-state index in [0.29, 0.717) is 12.2 Å². The second-order valence-electron chi connectivity index (χ2n) is 3.41. The molecule has 0 unspecified atom stereocenters. The van der Waals surface area contributed by atoms with Crippen LogP contribution in [0.4, 0.5) is 0 Å². The summed E-state index contributed by atoms with van der Waals surface area (Å²) in [6, 6.07) is 6.82. The van der Waals surface area contributed by atoms with Gasteiger partial charge < -0.3 is 9.84 Å². The fraction of sp³-hybridized carbons (Fsp3) is 0.308. The first-order valence-electron chi connectivity index (χ1n) is 5.37. The molecule has 0 saturated carbocycles. The van der Waals surface area contributed by atoms with Gasteiger partial charge in [0.1, 0.15) is 5.75 Å². The van der Waals surface area contributed by atoms with Gasteiger partial charge in [0, 0.05) is 11.6 Å². The number of hydrogen-bond acceptors (Lipinski definition) is 3. The van der Waals surface area contributed by atoms with Crippen molar-refractivity contribution in [3.8, 4) is 5.75 Å². The fourth-order valence-electron chi connectivity index (χ4n) is 1.15. The van der Waals surface area contributed by atoms with Gasteiger partial charge >= 0.3 is 5.97 Å². The van der Waals surface area contributed by atoms with Crippen LogP contribution in [0.25, 0.3) is 6.08 Å². The van der Waals surface area contributed by atoms with Crippen molar-refractivity contribution in [2.75, 3.05) is 6.61 Å². The van der Waals surface area contributed by atoms with Crippen molar-refractivity contribution >= 4 is 12.0 Å². The molecule has 3 nitrogen and oxygen atoms in total. The molecule has 1 rings (SSSR count). The smallest absolute Gasteiger partial charge is 0.330 e. The lowest BCUT2D eigenvalue weighted by atomic mass is 10.2. The van der Waals surface area contributed by atoms with Crippen LogP contribution < -0.4 is 0 Å². The summed E-state index contributed by atoms with van der Waals surface area (Å²) in [4.78, 5) is 11.2. The molecule has 0 bridgehead atoms. The highest BCUT2D eigenvalue weighted by Crippen LogP contribution is 2.16. The molecule has 0 spiro atoms. The minimum Gasteiger partial charge on any atom is -0.507 e. The maximum Gasteiger partial charge on any atom is 0.330 e. The molecule has 0 aromatic heterocycles. The van der Waals surface area contributed by atoms with Gasteiger partial charge in [-0.25, -0.2) is 4.79 Å². The SMILES string of the molecule is CCCCOC(=O)C=Cc1ccccc1O. The molecule has 1 aromatic carbocycles. The maximum absolute atomic E-state index is 11.2. The third kappa shape index (κ3) is 4.17. The van der Waals surface area contributed by atoms with Gasteiger partial charge in [0.2, 0.25) is 0 Å². The first-order chi connectivity index (χ1) is 7.74. The second-order valence-corrected chi connectivity index (χ2v) is 3.41. The summed E-state index contributed by atoms with van der Waals surface area (Å²) in [6.07, 6.45) is 4.74. The van der Waals surface area contributed by atoms with Crippen LogP contribution in [0, 0.1) is 0 Å². The van der Waals surface area contributed by atoms with Crippen LogP contribution in [0.15, 0.2) is 30.3 Å². The Kier molecular flexibility index (Phi) is 5.12. The standard InChI is InChI=1S/C13H16O3/c1-2-3-10-16-13(15)9-8-11-6-4-5-7-12(11)14/h4-9,14H,2-3,10H2,1H3. The number of para-hydroxylation sites is 1. The average molecular weight is 220 g/mol. The molecule has 1 N–H and O–H groups in total. The van der Waals surface area contributed by atoms with Crippen LogP contribution in [0.2, 0.25) is 0 Å². The average Bonchev–Trinajstić information content (AvgIpc) is 2.28. The third-order valence-corrected chi connectivity index (χ3v) is 2.08. The molecule has 16 heavy (non-hydrogen) atoms. The number of ether oxygens (including phenoxy) is 1. The van der Waals surface area contributed by atoms with Gasteiger partial charge in [-0.1, -0.05) is 31.5 Å². The molecule has 3 heteroatoms. The van der Waals surface area contributed by atoms with Gasteiger partial charge in [-0.05, 0) is 18.6 Å². The Labute approximate surface area is 95.4 Å². The van der Waals surface area contributed by atoms with Gasteiger partial charge in [-0.15, -0.1) is 0 Å². The van der Waals surface area contributed by atoms with Crippen LogP contribution in [0.3, 0.4) is 0 Å². The van der Waals surface area contributed by atoms with Gasteiger partial charge in [0.25, 0.3) is 0 Å². The van der Waals surface area contributed by atoms with Gasteiger partial charge in [-0.3, -0.25) is 0 Å². The Morgan fingerprint density at radius 1 is 1.44 bits per heavy atom. The van der Waals surface area contributed by atoms with Crippen LogP contribution in [0.1, 0.15) is 25.3 Å². The highest BCUT2D eigenvalue weighted by atomic mass is 16.5. The predicted octanol–water partition coefficient (Wildman–Crippen LogP) is 2.75. The van der Waals surface area contributed by atoms with Crippen molar-refractivity contribution in [1.82, 2.24) is 0 Å². The fourth-order valence-corrected chi connectivity index (χ4v) is 1.15. The highest BCUT2D eigenvalue weighted by molar-refractivity contribution is 5.87. The van der Waals surface area contributed by atoms with Crippen molar-refractivity contribution in [3.05, 3.63) is 35.9 Å². The number of unbranched alkanes of at least 4 members (excludes halogenated alkanes) is 1. The summed E-state index contributed by atoms with van der Waals surface area (Å²) in [5.74, 6) is -0.225. The van der Waals surface area contributed by atoms with Gasteiger partial charge in [0.05, 0.1) is 6.61 Å². The van der Waals surface area contributed by atoms with E-state index >= 15 is 0 Å². The van der Waals surface area contributed by atoms with E-state index in [1.165, 1.54) is 6.08 Å². The van der Waals surface area contributed by atoms with E-state index in [4.69, 9.17) is 4.74 Å². The molecule has 0 aliphatic carbocycles. The molecular weight excluding hydrogens is 204 g/mol. The number of phenolic OH excluding ortho intramolecular Hbond substituents is 1. The number of aromatic hydroxyl groups is 1. The molecule has 0 fully saturated rings. The number of benzene rings is 1. The predicted molar refractivity (Wildman–Crippen MR) is 63.0 cm³/mol. The van der Waals surface area contributed by atoms with Gasteiger partial charge in [0.15, 0.2) is 0 Å². The molecular formula is C13H16O3. The first-order valence-corrected chi connectivity index (χ1v) is 5.37. The van der Waals surface area contributed by atoms with Crippen molar-refractivity contribution in [3.63, 3.8) is 0 Å². The third-order valence-electron chi connectivity index (χ3n) is 2.08. The quantitative estimate of drug-likeness (QED) is 0.471. The van der Waals surface area contributed by atoms with Crippen LogP contribution in [-0.2, 0) is 9.53 Å². The first kappa shape index (κ1) is 12.3. The van der Waals surface area contributed by atoms with E-state index in [-0.39, 0.29) is 11.7 Å². The number of carbonyl (C=O) groups excluding carboxylic acids is 1. The molecule has 0 atom stereocenters. The zero-order chi connectivity index (χ0) is 11.8. The van der Waals surface area contributed by atoms with Gasteiger partial charge in [-0.2, -0.15) is 0 Å². The molecule has 0 aliphatic heterocycles. The zero-order valence-corrected chi connectivity index (χ0v) is 9.35. The van der Waals surface area contributed by atoms with Crippen molar-refractivity contribution in [2.24, 2.45) is 0 Å². The van der Waals surface area contributed by atoms with Crippen LogP contribution in [0.5, 0.6) is 5.75 Å². The Hall–Kier alpha value is -1.77. The minimum atomic E-state index is -0.378. The number of phenols is 1. The van der Waals surface area contributed by atoms with Crippen LogP contribution in [-0.4, -0.2) is 17.7 Å². The van der Waals surface area contributed by atoms with Crippen molar-refractivity contribution in [2.45, 2.75) is 19.8 Å². The molecule has 0 saturated heterocycles. The Morgan fingerprint density at radius 3 is 2.88 bits per heavy atom. The summed E-state index contributed by atoms with van der Waals surface area (Å²) >= 11 is 0. The number of hydrogen-bond donors (Lipinski definition) is 1. The summed E-state index contributed by atoms with van der Waals surface area (Å²) < 4.78 is 4.94. The van der Waals surface area contributed by atoms with E-state index in [2.05, 4.69) is 0 Å². The summed E-state index contributed by atoms with van der Waals surface area (Å²) in [5.41, 5.74) is 0.606. The molecule has 86 valence electrons. The molecule has 0 heterocycles. The lowest BCUT2D eigenvalue weighted by molar-refractivity contribution is -0.137. The second kappa shape index (κ2) is 6.67. The number of rotatable bonds is 5. The van der Waals surface area contributed by atoms with E-state index in [9.17, 15) is 9.90 Å². The number of esters is 1. The lowest BCUT2D eigenvalue weighted by Crippen LogP contribution is -2.01. The monoisotopic (exact) mass is 220 g/mol. The highest BCUT2D eigenvalue weighted by Gasteiger charge is 1.98. The minimum absolute atomic E-state index is 0.153. The van der Waals surface area contributed by atoms with E-state index in [1.807, 2.05) is 6.92 Å². The van der Waals surface area contributed by atoms with E-state index < -0.39 is 0 Å². The Balaban J connectivity index is 2.47. The summed E-state index contributed by atoms with van der Waals surface area (Å²) in [5, 5.41) is 9.43. The van der Waals surface area contributed by atoms with Crippen molar-refractivity contribution < 1.29 is 14.6 Å². The van der Waals surface area contributed by atoms with Crippen molar-refractivity contribution in [1.29, 1.82) is 0 Å². The normalized spacial score (nSPS) is 10.6.